The van der Waals surface area contributed by atoms with Gasteiger partial charge in [-0.25, -0.2) is 0 Å². The van der Waals surface area contributed by atoms with E-state index in [0.717, 1.165) is 0 Å². The first-order chi connectivity index (χ1) is 3.50. The van der Waals surface area contributed by atoms with Gasteiger partial charge in [-0.2, -0.15) is 13.2 Å². The molecule has 0 saturated heterocycles. The van der Waals surface area contributed by atoms with E-state index in [1.165, 1.54) is 0 Å². The molecule has 0 atom stereocenters. The molecule has 0 unspecified atom stereocenters. The minimum Gasteiger partial charge on any atom is -0.254 e. The summed E-state index contributed by atoms with van der Waals surface area (Å²) in [5, 5.41) is 0. The molecule has 0 aliphatic carbocycles. The summed E-state index contributed by atoms with van der Waals surface area (Å²) in [5.74, 6) is -5.30. The van der Waals surface area contributed by atoms with Gasteiger partial charge in [-0.1, -0.05) is 0 Å². The third-order valence-corrected chi connectivity index (χ3v) is 0.791. The molecule has 1 nitrogen and oxygen atoms in total. The Morgan fingerprint density at radius 1 is 1.62 bits per heavy atom. The van der Waals surface area contributed by atoms with Crippen LogP contribution in [0.5, 0.6) is 0 Å². The predicted octanol–water partition coefficient (Wildman–Crippen LogP) is 1.36. The Labute approximate surface area is 48.4 Å². The quantitative estimate of drug-likeness (QED) is 0.425. The molecule has 0 rings (SSSR count). The number of rotatable bonds is 2. The van der Waals surface area contributed by atoms with Crippen LogP contribution in [0.15, 0.2) is 0 Å². The van der Waals surface area contributed by atoms with E-state index in [4.69, 9.17) is 0 Å². The Bertz CT molecular complexity index is 103. The molecule has 0 aromatic heterocycles. The summed E-state index contributed by atoms with van der Waals surface area (Å²) < 4.78 is 33.8. The zero-order chi connectivity index (χ0) is 6.78. The maximum Gasteiger partial charge on any atom is 0.371 e. The zero-order valence-electron chi connectivity index (χ0n) is 3.63. The van der Waals surface area contributed by atoms with Crippen LogP contribution in [0.1, 0.15) is 0 Å². The highest BCUT2D eigenvalue weighted by Crippen LogP contribution is 2.16. The van der Waals surface area contributed by atoms with Gasteiger partial charge >= 0.3 is 12.0 Å². The summed E-state index contributed by atoms with van der Waals surface area (Å²) in [6, 6.07) is -2.69. The van der Waals surface area contributed by atoms with Crippen molar-refractivity contribution in [2.24, 2.45) is 0 Å². The molecule has 5 heteroatoms. The van der Waals surface area contributed by atoms with E-state index in [2.05, 4.69) is 11.6 Å². The maximum atomic E-state index is 11.4. The van der Waals surface area contributed by atoms with Crippen molar-refractivity contribution in [2.75, 3.05) is 5.88 Å². The highest BCUT2D eigenvalue weighted by atomic mass is 35.5. The zero-order valence-corrected chi connectivity index (χ0v) is 4.38. The van der Waals surface area contributed by atoms with Crippen LogP contribution >= 0.6 is 11.6 Å². The molecule has 0 radical (unpaired) electrons. The van der Waals surface area contributed by atoms with Gasteiger partial charge in [-0.05, 0) is 0 Å². The van der Waals surface area contributed by atoms with Crippen LogP contribution in [0.2, 0.25) is 0 Å². The lowest BCUT2D eigenvalue weighted by atomic mass is 10.4. The molecule has 0 N–H and O–H groups in total. The lowest BCUT2D eigenvalue weighted by Gasteiger charge is -2.02. The molecule has 0 heterocycles. The molecule has 8 heavy (non-hydrogen) atoms. The SMILES string of the molecule is O=C(F)C(F)(F)CCl. The Balaban J connectivity index is 3.91. The van der Waals surface area contributed by atoms with E-state index in [1.807, 2.05) is 0 Å². The molecule has 0 fully saturated rings. The van der Waals surface area contributed by atoms with Crippen LogP contribution in [0.4, 0.5) is 13.2 Å². The third kappa shape index (κ3) is 1.69. The van der Waals surface area contributed by atoms with Crippen molar-refractivity contribution in [3.05, 3.63) is 0 Å². The number of carbonyl (C=O) groups excluding carboxylic acids is 1. The third-order valence-electron chi connectivity index (χ3n) is 0.455. The van der Waals surface area contributed by atoms with Gasteiger partial charge < -0.3 is 0 Å². The average molecular weight is 146 g/mol. The Morgan fingerprint density at radius 2 is 2.00 bits per heavy atom. The summed E-state index contributed by atoms with van der Waals surface area (Å²) in [6.45, 7) is 0. The number of halogens is 4. The lowest BCUT2D eigenvalue weighted by Crippen LogP contribution is -2.26. The highest BCUT2D eigenvalue weighted by Gasteiger charge is 2.37. The summed E-state index contributed by atoms with van der Waals surface area (Å²) >= 11 is 4.48. The second-order valence-corrected chi connectivity index (χ2v) is 1.38. The van der Waals surface area contributed by atoms with Crippen LogP contribution < -0.4 is 0 Å². The van der Waals surface area contributed by atoms with Crippen LogP contribution in [-0.4, -0.2) is 17.8 Å². The number of hydrogen-bond acceptors (Lipinski definition) is 1. The van der Waals surface area contributed by atoms with Crippen molar-refractivity contribution in [1.82, 2.24) is 0 Å². The maximum absolute atomic E-state index is 11.4. The van der Waals surface area contributed by atoms with E-state index in [9.17, 15) is 18.0 Å². The van der Waals surface area contributed by atoms with E-state index in [-0.39, 0.29) is 0 Å². The van der Waals surface area contributed by atoms with Crippen molar-refractivity contribution in [2.45, 2.75) is 5.92 Å². The largest absolute Gasteiger partial charge is 0.371 e. The molecule has 0 aromatic rings. The van der Waals surface area contributed by atoms with Gasteiger partial charge in [0.15, 0.2) is 0 Å². The van der Waals surface area contributed by atoms with Crippen LogP contribution in [0, 0.1) is 0 Å². The minimum atomic E-state index is -4.00. The fourth-order valence-electron chi connectivity index (χ4n) is 0.0525. The molecule has 0 aliphatic rings. The molecular formula is C3H2ClF3O. The molecule has 0 bridgehead atoms. The van der Waals surface area contributed by atoms with Gasteiger partial charge in [-0.3, -0.25) is 4.79 Å². The lowest BCUT2D eigenvalue weighted by molar-refractivity contribution is -0.152. The fourth-order valence-corrected chi connectivity index (χ4v) is 0.158. The van der Waals surface area contributed by atoms with Crippen molar-refractivity contribution in [3.63, 3.8) is 0 Å². The van der Waals surface area contributed by atoms with Crippen molar-refractivity contribution in [1.29, 1.82) is 0 Å². The molecule has 0 aromatic carbocycles. The second kappa shape index (κ2) is 2.35. The van der Waals surface area contributed by atoms with Crippen LogP contribution in [0.3, 0.4) is 0 Å². The van der Waals surface area contributed by atoms with Gasteiger partial charge in [0.25, 0.3) is 0 Å². The molecular weight excluding hydrogens is 144 g/mol. The van der Waals surface area contributed by atoms with Crippen LogP contribution in [0.25, 0.3) is 0 Å². The van der Waals surface area contributed by atoms with Crippen molar-refractivity contribution in [3.8, 4) is 0 Å². The summed E-state index contributed by atoms with van der Waals surface area (Å²) in [5.41, 5.74) is 0. The van der Waals surface area contributed by atoms with Gasteiger partial charge in [0.1, 0.15) is 0 Å². The Kier molecular flexibility index (Phi) is 2.27. The highest BCUT2D eigenvalue weighted by molar-refractivity contribution is 6.19. The molecule has 48 valence electrons. The summed E-state index contributed by atoms with van der Waals surface area (Å²) in [7, 11) is 0. The predicted molar refractivity (Wildman–Crippen MR) is 21.8 cm³/mol. The van der Waals surface area contributed by atoms with E-state index in [1.54, 1.807) is 0 Å². The molecule has 0 saturated carbocycles. The fraction of sp³-hybridized carbons (Fsp3) is 0.667. The van der Waals surface area contributed by atoms with Gasteiger partial charge in [-0.15, -0.1) is 11.6 Å². The molecule has 0 amide bonds. The Morgan fingerprint density at radius 3 is 2.00 bits per heavy atom. The van der Waals surface area contributed by atoms with E-state index in [0.29, 0.717) is 0 Å². The molecule has 0 spiro atoms. The van der Waals surface area contributed by atoms with Gasteiger partial charge in [0, 0.05) is 0 Å². The van der Waals surface area contributed by atoms with E-state index < -0.39 is 17.8 Å². The van der Waals surface area contributed by atoms with E-state index >= 15 is 0 Å². The summed E-state index contributed by atoms with van der Waals surface area (Å²) in [6.07, 6.45) is 0. The number of alkyl halides is 3. The first-order valence-corrected chi connectivity index (χ1v) is 2.18. The Hall–Kier alpha value is -0.250. The second-order valence-electron chi connectivity index (χ2n) is 1.11. The average Bonchev–Trinajstić information content (AvgIpc) is 1.67. The van der Waals surface area contributed by atoms with Gasteiger partial charge in [0.2, 0.25) is 0 Å². The first kappa shape index (κ1) is 7.75. The molecule has 0 aliphatic heterocycles. The minimum absolute atomic E-state index is 1.30. The first-order valence-electron chi connectivity index (χ1n) is 1.64. The topological polar surface area (TPSA) is 17.1 Å². The summed E-state index contributed by atoms with van der Waals surface area (Å²) in [4.78, 5) is 9.20. The smallest absolute Gasteiger partial charge is 0.254 e. The standard InChI is InChI=1S/C3H2ClF3O/c4-1-3(6,7)2(5)8/h1H2. The monoisotopic (exact) mass is 146 g/mol. The number of hydrogen-bond donors (Lipinski definition) is 0. The van der Waals surface area contributed by atoms with Crippen molar-refractivity contribution >= 4 is 17.6 Å². The van der Waals surface area contributed by atoms with Crippen molar-refractivity contribution < 1.29 is 18.0 Å². The van der Waals surface area contributed by atoms with Gasteiger partial charge in [0.05, 0.1) is 5.88 Å². The number of carbonyl (C=O) groups is 1. The normalized spacial score (nSPS) is 11.5. The van der Waals surface area contributed by atoms with Crippen LogP contribution in [-0.2, 0) is 4.79 Å².